The van der Waals surface area contributed by atoms with E-state index in [0.717, 1.165) is 6.07 Å². The van der Waals surface area contributed by atoms with Crippen molar-refractivity contribution in [2.45, 2.75) is 6.61 Å². The second-order valence-corrected chi connectivity index (χ2v) is 3.57. The van der Waals surface area contributed by atoms with E-state index in [1.807, 2.05) is 0 Å². The van der Waals surface area contributed by atoms with Crippen LogP contribution in [0.2, 0.25) is 0 Å². The molecular formula is C13H8F3NO2. The molecule has 1 heterocycles. The van der Waals surface area contributed by atoms with Gasteiger partial charge in [0.05, 0.1) is 5.56 Å². The molecule has 2 aromatic rings. The van der Waals surface area contributed by atoms with Crippen molar-refractivity contribution in [2.24, 2.45) is 0 Å². The van der Waals surface area contributed by atoms with Gasteiger partial charge in [0.25, 0.3) is 0 Å². The molecule has 3 nitrogen and oxygen atoms in total. The van der Waals surface area contributed by atoms with Gasteiger partial charge in [0.1, 0.15) is 0 Å². The number of ketones is 1. The normalized spacial score (nSPS) is 10.5. The van der Waals surface area contributed by atoms with E-state index in [0.29, 0.717) is 0 Å². The third-order valence-corrected chi connectivity index (χ3v) is 2.35. The lowest BCUT2D eigenvalue weighted by atomic mass is 10.0. The molecule has 19 heavy (non-hydrogen) atoms. The van der Waals surface area contributed by atoms with E-state index < -0.39 is 24.0 Å². The number of pyridine rings is 1. The fraction of sp³-hybridized carbons (Fsp3) is 0.0769. The zero-order valence-corrected chi connectivity index (χ0v) is 9.52. The lowest BCUT2D eigenvalue weighted by molar-refractivity contribution is -0.0522. The van der Waals surface area contributed by atoms with E-state index in [9.17, 15) is 18.0 Å². The molecule has 0 aliphatic heterocycles. The van der Waals surface area contributed by atoms with Gasteiger partial charge in [-0.05, 0) is 24.3 Å². The van der Waals surface area contributed by atoms with Crippen LogP contribution in [0.5, 0.6) is 5.75 Å². The highest BCUT2D eigenvalue weighted by Crippen LogP contribution is 2.24. The molecule has 0 saturated heterocycles. The lowest BCUT2D eigenvalue weighted by Gasteiger charge is -2.08. The fourth-order valence-corrected chi connectivity index (χ4v) is 1.53. The van der Waals surface area contributed by atoms with Gasteiger partial charge in [-0.1, -0.05) is 6.07 Å². The van der Waals surface area contributed by atoms with Crippen LogP contribution in [0.3, 0.4) is 0 Å². The van der Waals surface area contributed by atoms with Crippen molar-refractivity contribution < 1.29 is 22.7 Å². The quantitative estimate of drug-likeness (QED) is 0.799. The van der Waals surface area contributed by atoms with Crippen molar-refractivity contribution in [3.05, 3.63) is 59.7 Å². The minimum atomic E-state index is -3.15. The Kier molecular flexibility index (Phi) is 3.79. The number of hydrogen-bond acceptors (Lipinski definition) is 3. The number of carbonyl (C=O) groups excluding carboxylic acids is 1. The van der Waals surface area contributed by atoms with Crippen molar-refractivity contribution in [3.8, 4) is 5.75 Å². The van der Waals surface area contributed by atoms with Crippen molar-refractivity contribution in [1.82, 2.24) is 4.98 Å². The number of halogens is 3. The predicted molar refractivity (Wildman–Crippen MR) is 60.7 cm³/mol. The molecule has 1 aromatic heterocycles. The second kappa shape index (κ2) is 5.51. The van der Waals surface area contributed by atoms with Crippen LogP contribution in [0.25, 0.3) is 0 Å². The molecule has 0 amide bonds. The van der Waals surface area contributed by atoms with Crippen LogP contribution in [0.4, 0.5) is 13.2 Å². The summed E-state index contributed by atoms with van der Waals surface area (Å²) in [5, 5.41) is 0. The summed E-state index contributed by atoms with van der Waals surface area (Å²) in [6, 6.07) is 6.47. The zero-order chi connectivity index (χ0) is 13.8. The van der Waals surface area contributed by atoms with Gasteiger partial charge in [-0.25, -0.2) is 4.39 Å². The highest BCUT2D eigenvalue weighted by atomic mass is 19.3. The smallest absolute Gasteiger partial charge is 0.387 e. The van der Waals surface area contributed by atoms with E-state index in [4.69, 9.17) is 0 Å². The molecule has 98 valence electrons. The van der Waals surface area contributed by atoms with Gasteiger partial charge < -0.3 is 4.74 Å². The Labute approximate surface area is 106 Å². The molecule has 0 saturated carbocycles. The first-order valence-corrected chi connectivity index (χ1v) is 5.27. The topological polar surface area (TPSA) is 39.2 Å². The number of carbonyl (C=O) groups is 1. The Morgan fingerprint density at radius 2 is 2.00 bits per heavy atom. The number of ether oxygens (including phenoxy) is 1. The van der Waals surface area contributed by atoms with Crippen molar-refractivity contribution >= 4 is 5.78 Å². The largest absolute Gasteiger partial charge is 0.432 e. The average Bonchev–Trinajstić information content (AvgIpc) is 2.41. The Bertz CT molecular complexity index is 588. The Morgan fingerprint density at radius 3 is 2.63 bits per heavy atom. The molecule has 0 aliphatic rings. The SMILES string of the molecule is O=C(c1cccnc1)c1cccc(OC(F)F)c1F. The minimum Gasteiger partial charge on any atom is -0.432 e. The van der Waals surface area contributed by atoms with Crippen LogP contribution in [-0.4, -0.2) is 17.4 Å². The molecule has 0 unspecified atom stereocenters. The first-order valence-electron chi connectivity index (χ1n) is 5.27. The van der Waals surface area contributed by atoms with Gasteiger partial charge in [-0.15, -0.1) is 0 Å². The number of aromatic nitrogens is 1. The third kappa shape index (κ3) is 2.90. The molecule has 0 N–H and O–H groups in total. The predicted octanol–water partition coefficient (Wildman–Crippen LogP) is 3.05. The first kappa shape index (κ1) is 13.1. The maximum Gasteiger partial charge on any atom is 0.387 e. The van der Waals surface area contributed by atoms with Gasteiger partial charge in [0.15, 0.2) is 17.3 Å². The summed E-state index contributed by atoms with van der Waals surface area (Å²) in [4.78, 5) is 15.7. The molecule has 0 radical (unpaired) electrons. The fourth-order valence-electron chi connectivity index (χ4n) is 1.53. The van der Waals surface area contributed by atoms with Crippen molar-refractivity contribution in [1.29, 1.82) is 0 Å². The van der Waals surface area contributed by atoms with Crippen molar-refractivity contribution in [2.75, 3.05) is 0 Å². The van der Waals surface area contributed by atoms with E-state index in [1.54, 1.807) is 0 Å². The summed E-state index contributed by atoms with van der Waals surface area (Å²) in [5.41, 5.74) is -0.179. The Morgan fingerprint density at radius 1 is 1.21 bits per heavy atom. The summed E-state index contributed by atoms with van der Waals surface area (Å²) in [6.07, 6.45) is 2.73. The van der Waals surface area contributed by atoms with Crippen LogP contribution >= 0.6 is 0 Å². The second-order valence-electron chi connectivity index (χ2n) is 3.57. The van der Waals surface area contributed by atoms with Crippen LogP contribution in [0, 0.1) is 5.82 Å². The zero-order valence-electron chi connectivity index (χ0n) is 9.52. The lowest BCUT2D eigenvalue weighted by Crippen LogP contribution is -2.09. The standard InChI is InChI=1S/C13H8F3NO2/c14-11-9(4-1-5-10(11)19-13(15)16)12(18)8-3-2-6-17-7-8/h1-7,13H. The van der Waals surface area contributed by atoms with Gasteiger partial charge >= 0.3 is 6.61 Å². The summed E-state index contributed by atoms with van der Waals surface area (Å²) < 4.78 is 42.0. The molecule has 6 heteroatoms. The third-order valence-electron chi connectivity index (χ3n) is 2.35. The average molecular weight is 267 g/mol. The van der Waals surface area contributed by atoms with Crippen LogP contribution in [0.15, 0.2) is 42.7 Å². The molecule has 1 aromatic carbocycles. The maximum atomic E-state index is 13.9. The molecule has 0 aliphatic carbocycles. The molecule has 0 fully saturated rings. The number of alkyl halides is 2. The monoisotopic (exact) mass is 267 g/mol. The highest BCUT2D eigenvalue weighted by Gasteiger charge is 2.19. The van der Waals surface area contributed by atoms with Crippen LogP contribution in [0.1, 0.15) is 15.9 Å². The Hall–Kier alpha value is -2.37. The first-order chi connectivity index (χ1) is 9.09. The van der Waals surface area contributed by atoms with Gasteiger partial charge in [-0.3, -0.25) is 9.78 Å². The van der Waals surface area contributed by atoms with E-state index in [1.165, 1.54) is 36.7 Å². The van der Waals surface area contributed by atoms with Gasteiger partial charge in [0, 0.05) is 18.0 Å². The van der Waals surface area contributed by atoms with E-state index in [2.05, 4.69) is 9.72 Å². The summed E-state index contributed by atoms with van der Waals surface area (Å²) in [5.74, 6) is -2.42. The van der Waals surface area contributed by atoms with Crippen LogP contribution < -0.4 is 4.74 Å². The molecule has 0 atom stereocenters. The minimum absolute atomic E-state index is 0.163. The summed E-state index contributed by atoms with van der Waals surface area (Å²) >= 11 is 0. The molecule has 0 bridgehead atoms. The van der Waals surface area contributed by atoms with Gasteiger partial charge in [0.2, 0.25) is 0 Å². The maximum absolute atomic E-state index is 13.9. The summed E-state index contributed by atoms with van der Waals surface area (Å²) in [7, 11) is 0. The molecule has 0 spiro atoms. The Balaban J connectivity index is 2.38. The molecular weight excluding hydrogens is 259 g/mol. The number of nitrogens with zero attached hydrogens (tertiary/aromatic N) is 1. The number of benzene rings is 1. The number of hydrogen-bond donors (Lipinski definition) is 0. The highest BCUT2D eigenvalue weighted by molar-refractivity contribution is 6.09. The number of rotatable bonds is 4. The molecule has 2 rings (SSSR count). The van der Waals surface area contributed by atoms with Gasteiger partial charge in [-0.2, -0.15) is 8.78 Å². The van der Waals surface area contributed by atoms with Crippen LogP contribution in [-0.2, 0) is 0 Å². The summed E-state index contributed by atoms with van der Waals surface area (Å²) in [6.45, 7) is -3.15. The van der Waals surface area contributed by atoms with E-state index in [-0.39, 0.29) is 11.1 Å². The van der Waals surface area contributed by atoms with Crippen molar-refractivity contribution in [3.63, 3.8) is 0 Å². The van der Waals surface area contributed by atoms with E-state index >= 15 is 0 Å².